The Balaban J connectivity index is 3.58. The summed E-state index contributed by atoms with van der Waals surface area (Å²) in [7, 11) is 1.70. The van der Waals surface area contributed by atoms with Gasteiger partial charge in [0.15, 0.2) is 0 Å². The van der Waals surface area contributed by atoms with Crippen molar-refractivity contribution in [2.45, 2.75) is 0 Å². The van der Waals surface area contributed by atoms with E-state index in [0.29, 0.717) is 0 Å². The van der Waals surface area contributed by atoms with E-state index in [-0.39, 0.29) is 0 Å². The van der Waals surface area contributed by atoms with Gasteiger partial charge in [0, 0.05) is 13.3 Å². The van der Waals surface area contributed by atoms with Crippen LogP contribution in [0.3, 0.4) is 0 Å². The average Bonchev–Trinajstić information content (AvgIpc) is 1.68. The predicted octanol–water partition coefficient (Wildman–Crippen LogP) is 1.43. The zero-order valence-electron chi connectivity index (χ0n) is 4.52. The summed E-state index contributed by atoms with van der Waals surface area (Å²) in [6.45, 7) is 7.08. The molecule has 0 aliphatic carbocycles. The molecule has 0 aromatic heterocycles. The normalized spacial score (nSPS) is 9.29. The van der Waals surface area contributed by atoms with Crippen molar-refractivity contribution in [3.05, 3.63) is 24.8 Å². The minimum absolute atomic E-state index is 0.850. The van der Waals surface area contributed by atoms with Gasteiger partial charge in [0.05, 0.1) is 0 Å². The molecule has 0 aromatic carbocycles. The molecule has 0 amide bonds. The van der Waals surface area contributed by atoms with Crippen LogP contribution in [0.1, 0.15) is 0 Å². The number of allylic oxidation sites excluding steroid dienone is 2. The largest absolute Gasteiger partial charge is 0.296 e. The van der Waals surface area contributed by atoms with Gasteiger partial charge in [-0.3, -0.25) is 4.99 Å². The highest BCUT2D eigenvalue weighted by molar-refractivity contribution is 5.80. The smallest absolute Gasteiger partial charge is 0.0277 e. The van der Waals surface area contributed by atoms with E-state index in [1.165, 1.54) is 0 Å². The topological polar surface area (TPSA) is 12.4 Å². The van der Waals surface area contributed by atoms with Gasteiger partial charge in [-0.1, -0.05) is 19.2 Å². The monoisotopic (exact) mass is 95.1 g/mol. The van der Waals surface area contributed by atoms with Crippen LogP contribution in [0.15, 0.2) is 29.8 Å². The van der Waals surface area contributed by atoms with E-state index >= 15 is 0 Å². The van der Waals surface area contributed by atoms with Crippen molar-refractivity contribution in [3.63, 3.8) is 0 Å². The van der Waals surface area contributed by atoms with Crippen molar-refractivity contribution in [3.8, 4) is 0 Å². The Hall–Kier alpha value is -0.850. The minimum Gasteiger partial charge on any atom is -0.296 e. The lowest BCUT2D eigenvalue weighted by atomic mass is 10.3. The quantitative estimate of drug-likeness (QED) is 0.363. The molecule has 1 nitrogen and oxygen atoms in total. The summed E-state index contributed by atoms with van der Waals surface area (Å²) in [5.74, 6) is 0. The summed E-state index contributed by atoms with van der Waals surface area (Å²) in [4.78, 5) is 3.71. The second-order valence-corrected chi connectivity index (χ2v) is 1.17. The fourth-order valence-corrected chi connectivity index (χ4v) is 0.219. The number of rotatable bonds is 2. The second-order valence-electron chi connectivity index (χ2n) is 1.17. The van der Waals surface area contributed by atoms with E-state index in [4.69, 9.17) is 0 Å². The molecule has 0 saturated carbocycles. The molecule has 0 aliphatic rings. The van der Waals surface area contributed by atoms with Crippen LogP contribution in [-0.4, -0.2) is 13.3 Å². The van der Waals surface area contributed by atoms with Crippen LogP contribution in [0.2, 0.25) is 0 Å². The zero-order chi connectivity index (χ0) is 5.70. The molecule has 0 rings (SSSR count). The van der Waals surface area contributed by atoms with Crippen LogP contribution < -0.4 is 0 Å². The Morgan fingerprint density at radius 3 is 2.43 bits per heavy atom. The molecule has 0 aliphatic heterocycles. The lowest BCUT2D eigenvalue weighted by Gasteiger charge is -1.79. The van der Waals surface area contributed by atoms with Gasteiger partial charge in [0.25, 0.3) is 0 Å². The van der Waals surface area contributed by atoms with Crippen LogP contribution in [0, 0.1) is 0 Å². The molecule has 0 N–H and O–H groups in total. The first-order valence-corrected chi connectivity index (χ1v) is 2.04. The van der Waals surface area contributed by atoms with E-state index in [1.807, 2.05) is 0 Å². The Morgan fingerprint density at radius 2 is 2.29 bits per heavy atom. The molecule has 0 atom stereocenters. The molecule has 0 bridgehead atoms. The fraction of sp³-hybridized carbons (Fsp3) is 0.167. The highest BCUT2D eigenvalue weighted by Crippen LogP contribution is 1.81. The highest BCUT2D eigenvalue weighted by atomic mass is 14.6. The van der Waals surface area contributed by atoms with Crippen LogP contribution in [0.5, 0.6) is 0 Å². The average molecular weight is 95.1 g/mol. The maximum absolute atomic E-state index is 3.71. The molecule has 0 saturated heterocycles. The number of hydrogen-bond donors (Lipinski definition) is 0. The third kappa shape index (κ3) is 2.97. The molecular formula is C6H9N. The summed E-state index contributed by atoms with van der Waals surface area (Å²) < 4.78 is 0. The molecule has 0 spiro atoms. The molecular weight excluding hydrogens is 86.1 g/mol. The van der Waals surface area contributed by atoms with Gasteiger partial charge in [-0.25, -0.2) is 0 Å². The predicted molar refractivity (Wildman–Crippen MR) is 33.8 cm³/mol. The highest BCUT2D eigenvalue weighted by Gasteiger charge is 1.70. The van der Waals surface area contributed by atoms with Crippen molar-refractivity contribution >= 4 is 6.21 Å². The van der Waals surface area contributed by atoms with E-state index in [9.17, 15) is 0 Å². The van der Waals surface area contributed by atoms with Crippen molar-refractivity contribution in [2.75, 3.05) is 7.05 Å². The molecule has 7 heavy (non-hydrogen) atoms. The van der Waals surface area contributed by atoms with Gasteiger partial charge in [-0.15, -0.1) is 0 Å². The third-order valence-electron chi connectivity index (χ3n) is 0.557. The molecule has 0 unspecified atom stereocenters. The molecule has 38 valence electrons. The van der Waals surface area contributed by atoms with Gasteiger partial charge in [0.2, 0.25) is 0 Å². The Kier molecular flexibility index (Phi) is 2.94. The fourth-order valence-electron chi connectivity index (χ4n) is 0.219. The first-order chi connectivity index (χ1) is 3.31. The van der Waals surface area contributed by atoms with Crippen molar-refractivity contribution in [1.29, 1.82) is 0 Å². The lowest BCUT2D eigenvalue weighted by Crippen LogP contribution is -1.71. The molecule has 0 aromatic rings. The third-order valence-corrected chi connectivity index (χ3v) is 0.557. The van der Waals surface area contributed by atoms with E-state index in [1.54, 1.807) is 19.3 Å². The summed E-state index contributed by atoms with van der Waals surface area (Å²) in [5.41, 5.74) is 0.850. The maximum atomic E-state index is 3.71. The van der Waals surface area contributed by atoms with Crippen molar-refractivity contribution in [1.82, 2.24) is 0 Å². The zero-order valence-corrected chi connectivity index (χ0v) is 4.52. The van der Waals surface area contributed by atoms with E-state index < -0.39 is 0 Å². The first kappa shape index (κ1) is 6.15. The minimum atomic E-state index is 0.850. The van der Waals surface area contributed by atoms with Gasteiger partial charge in [-0.05, 0) is 5.57 Å². The molecule has 0 fully saturated rings. The van der Waals surface area contributed by atoms with Gasteiger partial charge >= 0.3 is 0 Å². The standard InChI is InChI=1S/C6H9N/c1-4-6(2)5-7-3/h4-5H,1-2H2,3H3/b7-5+. The van der Waals surface area contributed by atoms with Gasteiger partial charge in [-0.2, -0.15) is 0 Å². The summed E-state index contributed by atoms with van der Waals surface area (Å²) in [5, 5.41) is 0. The first-order valence-electron chi connectivity index (χ1n) is 2.04. The van der Waals surface area contributed by atoms with Crippen LogP contribution >= 0.6 is 0 Å². The Morgan fingerprint density at radius 1 is 1.71 bits per heavy atom. The van der Waals surface area contributed by atoms with Crippen LogP contribution in [-0.2, 0) is 0 Å². The lowest BCUT2D eigenvalue weighted by molar-refractivity contribution is 1.47. The SMILES string of the molecule is C=CC(=C)/C=N/C. The molecule has 0 heterocycles. The summed E-state index contributed by atoms with van der Waals surface area (Å²) in [6.07, 6.45) is 3.32. The number of aliphatic imine (C=N–C) groups is 1. The maximum Gasteiger partial charge on any atom is 0.0277 e. The van der Waals surface area contributed by atoms with Crippen LogP contribution in [0.25, 0.3) is 0 Å². The van der Waals surface area contributed by atoms with Crippen LogP contribution in [0.4, 0.5) is 0 Å². The summed E-state index contributed by atoms with van der Waals surface area (Å²) in [6, 6.07) is 0. The second kappa shape index (κ2) is 3.34. The number of hydrogen-bond acceptors (Lipinski definition) is 1. The van der Waals surface area contributed by atoms with Gasteiger partial charge < -0.3 is 0 Å². The van der Waals surface area contributed by atoms with E-state index in [0.717, 1.165) is 5.57 Å². The number of nitrogens with zero attached hydrogens (tertiary/aromatic N) is 1. The van der Waals surface area contributed by atoms with Crippen molar-refractivity contribution < 1.29 is 0 Å². The summed E-state index contributed by atoms with van der Waals surface area (Å²) >= 11 is 0. The molecule has 0 radical (unpaired) electrons. The Labute approximate surface area is 44.1 Å². The molecule has 1 heteroatoms. The van der Waals surface area contributed by atoms with E-state index in [2.05, 4.69) is 18.2 Å². The Bertz CT molecular complexity index is 101. The van der Waals surface area contributed by atoms with Gasteiger partial charge in [0.1, 0.15) is 0 Å². The van der Waals surface area contributed by atoms with Crippen molar-refractivity contribution in [2.24, 2.45) is 4.99 Å².